The molecule has 1 amide bonds. The van der Waals surface area contributed by atoms with Crippen molar-refractivity contribution >= 4 is 17.2 Å². The van der Waals surface area contributed by atoms with E-state index in [-0.39, 0.29) is 30.2 Å². The molecule has 0 spiro atoms. The fraction of sp³-hybridized carbons (Fsp3) is 0.167. The molecule has 1 aromatic carbocycles. The summed E-state index contributed by atoms with van der Waals surface area (Å²) in [5.74, 6) is -0.519. The summed E-state index contributed by atoms with van der Waals surface area (Å²) in [5.41, 5.74) is 1.24. The van der Waals surface area contributed by atoms with E-state index >= 15 is 0 Å². The van der Waals surface area contributed by atoms with Crippen molar-refractivity contribution < 1.29 is 9.18 Å². The van der Waals surface area contributed by atoms with Crippen molar-refractivity contribution in [2.75, 3.05) is 6.54 Å². The number of nitrogens with one attached hydrogen (secondary N) is 1. The van der Waals surface area contributed by atoms with Crippen molar-refractivity contribution in [3.63, 3.8) is 0 Å². The van der Waals surface area contributed by atoms with Crippen molar-refractivity contribution in [1.82, 2.24) is 15.1 Å². The topological polar surface area (TPSA) is 64.0 Å². The second kappa shape index (κ2) is 7.85. The lowest BCUT2D eigenvalue weighted by molar-refractivity contribution is -0.120. The van der Waals surface area contributed by atoms with Crippen LogP contribution in [0.5, 0.6) is 0 Å². The minimum atomic E-state index is -0.333. The van der Waals surface area contributed by atoms with E-state index in [1.165, 1.54) is 22.9 Å². The molecule has 0 saturated heterocycles. The van der Waals surface area contributed by atoms with Gasteiger partial charge in [0.25, 0.3) is 5.56 Å². The zero-order valence-electron chi connectivity index (χ0n) is 13.3. The van der Waals surface area contributed by atoms with Crippen LogP contribution in [-0.2, 0) is 17.8 Å². The van der Waals surface area contributed by atoms with E-state index in [2.05, 4.69) is 10.4 Å². The third-order valence-electron chi connectivity index (χ3n) is 3.56. The molecule has 0 aliphatic carbocycles. The molecule has 0 bridgehead atoms. The number of hydrogen-bond acceptors (Lipinski definition) is 4. The number of thiophene rings is 1. The Morgan fingerprint density at radius 3 is 2.68 bits per heavy atom. The van der Waals surface area contributed by atoms with Gasteiger partial charge in [-0.15, -0.1) is 11.3 Å². The summed E-state index contributed by atoms with van der Waals surface area (Å²) >= 11 is 1.55. The van der Waals surface area contributed by atoms with Crippen LogP contribution in [0.4, 0.5) is 4.39 Å². The van der Waals surface area contributed by atoms with Gasteiger partial charge in [-0.2, -0.15) is 5.10 Å². The van der Waals surface area contributed by atoms with Gasteiger partial charge >= 0.3 is 0 Å². The molecular weight excluding hydrogens is 341 g/mol. The van der Waals surface area contributed by atoms with Gasteiger partial charge in [0.2, 0.25) is 5.91 Å². The lowest BCUT2D eigenvalue weighted by Crippen LogP contribution is -2.32. The van der Waals surface area contributed by atoms with Gasteiger partial charge in [-0.3, -0.25) is 9.59 Å². The highest BCUT2D eigenvalue weighted by atomic mass is 32.1. The van der Waals surface area contributed by atoms with Crippen LogP contribution in [0.1, 0.15) is 5.56 Å². The minimum absolute atomic E-state index is 0.165. The third-order valence-corrected chi connectivity index (χ3v) is 4.46. The number of hydrogen-bond donors (Lipinski definition) is 1. The molecule has 2 heterocycles. The summed E-state index contributed by atoms with van der Waals surface area (Å²) in [6, 6.07) is 12.8. The Labute approximate surface area is 147 Å². The third kappa shape index (κ3) is 4.60. The number of carbonyl (C=O) groups is 1. The average molecular weight is 357 g/mol. The van der Waals surface area contributed by atoms with E-state index in [1.54, 1.807) is 29.5 Å². The van der Waals surface area contributed by atoms with E-state index in [1.807, 2.05) is 17.5 Å². The molecule has 5 nitrogen and oxygen atoms in total. The van der Waals surface area contributed by atoms with Crippen LogP contribution in [0.25, 0.3) is 10.6 Å². The predicted octanol–water partition coefficient (Wildman–Crippen LogP) is 2.47. The SMILES string of the molecule is O=C(Cc1ccc(F)cc1)NCCn1nc(-c2cccs2)ccc1=O. The van der Waals surface area contributed by atoms with Crippen LogP contribution in [-0.4, -0.2) is 22.2 Å². The van der Waals surface area contributed by atoms with Crippen molar-refractivity contribution in [2.45, 2.75) is 13.0 Å². The Bertz CT molecular complexity index is 905. The number of rotatable bonds is 6. The number of halogens is 1. The largest absolute Gasteiger partial charge is 0.354 e. The summed E-state index contributed by atoms with van der Waals surface area (Å²) in [6.07, 6.45) is 0.165. The molecule has 128 valence electrons. The van der Waals surface area contributed by atoms with Crippen molar-refractivity contribution in [3.05, 3.63) is 75.6 Å². The number of aromatic nitrogens is 2. The smallest absolute Gasteiger partial charge is 0.266 e. The molecule has 7 heteroatoms. The lowest BCUT2D eigenvalue weighted by atomic mass is 10.1. The lowest BCUT2D eigenvalue weighted by Gasteiger charge is -2.08. The van der Waals surface area contributed by atoms with Gasteiger partial charge in [0.15, 0.2) is 0 Å². The standard InChI is InChI=1S/C18H16FN3O2S/c19-14-5-3-13(4-6-14)12-17(23)20-9-10-22-18(24)8-7-15(21-22)16-2-1-11-25-16/h1-8,11H,9-10,12H2,(H,20,23). The first-order chi connectivity index (χ1) is 12.1. The Morgan fingerprint density at radius 2 is 1.96 bits per heavy atom. The normalized spacial score (nSPS) is 10.6. The van der Waals surface area contributed by atoms with Crippen LogP contribution in [0.3, 0.4) is 0 Å². The summed E-state index contributed by atoms with van der Waals surface area (Å²) in [4.78, 5) is 24.8. The van der Waals surface area contributed by atoms with E-state index < -0.39 is 0 Å². The van der Waals surface area contributed by atoms with E-state index in [0.29, 0.717) is 6.54 Å². The summed E-state index contributed by atoms with van der Waals surface area (Å²) < 4.78 is 14.2. The fourth-order valence-electron chi connectivity index (χ4n) is 2.32. The number of carbonyl (C=O) groups excluding carboxylic acids is 1. The van der Waals surface area contributed by atoms with Gasteiger partial charge in [-0.05, 0) is 35.2 Å². The summed E-state index contributed by atoms with van der Waals surface area (Å²) in [5, 5.41) is 9.02. The van der Waals surface area contributed by atoms with Crippen molar-refractivity contribution in [3.8, 4) is 10.6 Å². The summed E-state index contributed by atoms with van der Waals surface area (Å²) in [7, 11) is 0. The number of benzene rings is 1. The molecule has 3 rings (SSSR count). The first-order valence-corrected chi connectivity index (χ1v) is 8.63. The molecule has 0 aliphatic heterocycles. The molecule has 0 unspecified atom stereocenters. The predicted molar refractivity (Wildman–Crippen MR) is 94.9 cm³/mol. The fourth-order valence-corrected chi connectivity index (χ4v) is 3.01. The van der Waals surface area contributed by atoms with E-state index in [0.717, 1.165) is 16.1 Å². The highest BCUT2D eigenvalue weighted by Gasteiger charge is 2.06. The quantitative estimate of drug-likeness (QED) is 0.737. The highest BCUT2D eigenvalue weighted by Crippen LogP contribution is 2.20. The molecule has 0 radical (unpaired) electrons. The van der Waals surface area contributed by atoms with Crippen molar-refractivity contribution in [2.24, 2.45) is 0 Å². The van der Waals surface area contributed by atoms with Crippen LogP contribution < -0.4 is 10.9 Å². The zero-order chi connectivity index (χ0) is 17.6. The van der Waals surface area contributed by atoms with Crippen LogP contribution in [0, 0.1) is 5.82 Å². The average Bonchev–Trinajstić information content (AvgIpc) is 3.13. The Balaban J connectivity index is 1.56. The monoisotopic (exact) mass is 357 g/mol. The van der Waals surface area contributed by atoms with Gasteiger partial charge in [0.05, 0.1) is 17.8 Å². The molecule has 25 heavy (non-hydrogen) atoms. The van der Waals surface area contributed by atoms with Crippen LogP contribution >= 0.6 is 11.3 Å². The Kier molecular flexibility index (Phi) is 5.35. The maximum Gasteiger partial charge on any atom is 0.266 e. The van der Waals surface area contributed by atoms with E-state index in [9.17, 15) is 14.0 Å². The maximum atomic E-state index is 12.8. The Morgan fingerprint density at radius 1 is 1.16 bits per heavy atom. The van der Waals surface area contributed by atoms with Gasteiger partial charge in [-0.25, -0.2) is 9.07 Å². The van der Waals surface area contributed by atoms with Gasteiger partial charge in [0.1, 0.15) is 11.5 Å². The highest BCUT2D eigenvalue weighted by molar-refractivity contribution is 7.13. The zero-order valence-corrected chi connectivity index (χ0v) is 14.1. The molecule has 0 saturated carbocycles. The van der Waals surface area contributed by atoms with Gasteiger partial charge in [-0.1, -0.05) is 18.2 Å². The second-order valence-electron chi connectivity index (χ2n) is 5.41. The van der Waals surface area contributed by atoms with Crippen molar-refractivity contribution in [1.29, 1.82) is 0 Å². The Hall–Kier alpha value is -2.80. The number of nitrogens with zero attached hydrogens (tertiary/aromatic N) is 2. The van der Waals surface area contributed by atoms with Gasteiger partial charge < -0.3 is 5.32 Å². The number of amides is 1. The molecule has 3 aromatic rings. The van der Waals surface area contributed by atoms with Crippen LogP contribution in [0.2, 0.25) is 0 Å². The summed E-state index contributed by atoms with van der Waals surface area (Å²) in [6.45, 7) is 0.577. The first-order valence-electron chi connectivity index (χ1n) is 7.75. The molecule has 0 atom stereocenters. The second-order valence-corrected chi connectivity index (χ2v) is 6.36. The van der Waals surface area contributed by atoms with Crippen LogP contribution in [0.15, 0.2) is 58.7 Å². The first kappa shape index (κ1) is 17.0. The van der Waals surface area contributed by atoms with E-state index in [4.69, 9.17) is 0 Å². The maximum absolute atomic E-state index is 12.8. The molecule has 0 aliphatic rings. The molecule has 1 N–H and O–H groups in total. The molecule has 2 aromatic heterocycles. The molecule has 0 fully saturated rings. The minimum Gasteiger partial charge on any atom is -0.354 e. The van der Waals surface area contributed by atoms with Gasteiger partial charge in [0, 0.05) is 12.6 Å². The molecular formula is C18H16FN3O2S.